The van der Waals surface area contributed by atoms with Crippen LogP contribution in [0.25, 0.3) is 16.6 Å². The van der Waals surface area contributed by atoms with Gasteiger partial charge < -0.3 is 5.32 Å². The van der Waals surface area contributed by atoms with Gasteiger partial charge in [0.1, 0.15) is 11.6 Å². The van der Waals surface area contributed by atoms with Crippen LogP contribution in [-0.2, 0) is 6.42 Å². The highest BCUT2D eigenvalue weighted by molar-refractivity contribution is 5.83. The number of fused-ring (bicyclic) bond motifs is 2. The zero-order valence-electron chi connectivity index (χ0n) is 12.9. The van der Waals surface area contributed by atoms with Crippen LogP contribution in [0.3, 0.4) is 0 Å². The van der Waals surface area contributed by atoms with E-state index >= 15 is 0 Å². The average Bonchev–Trinajstić information content (AvgIpc) is 2.98. The van der Waals surface area contributed by atoms with Gasteiger partial charge in [-0.05, 0) is 36.8 Å². The molecule has 4 aromatic rings. The van der Waals surface area contributed by atoms with Crippen LogP contribution in [0.15, 0.2) is 54.7 Å². The third kappa shape index (κ3) is 2.61. The molecule has 0 aliphatic heterocycles. The Bertz CT molecular complexity index is 973. The molecular formula is C18H17N5. The number of aromatic nitrogens is 4. The molecule has 1 aromatic carbocycles. The number of para-hydroxylation sites is 1. The summed E-state index contributed by atoms with van der Waals surface area (Å²) in [5.41, 5.74) is 3.12. The van der Waals surface area contributed by atoms with E-state index in [1.54, 1.807) is 0 Å². The van der Waals surface area contributed by atoms with E-state index in [0.717, 1.165) is 35.8 Å². The molecule has 1 N–H and O–H groups in total. The average molecular weight is 303 g/mol. The zero-order chi connectivity index (χ0) is 15.6. The Balaban J connectivity index is 1.51. The molecule has 0 amide bonds. The smallest absolute Gasteiger partial charge is 0.160 e. The summed E-state index contributed by atoms with van der Waals surface area (Å²) in [4.78, 5) is 4.66. The van der Waals surface area contributed by atoms with Crippen LogP contribution in [0.2, 0.25) is 0 Å². The van der Waals surface area contributed by atoms with E-state index in [9.17, 15) is 0 Å². The van der Waals surface area contributed by atoms with E-state index in [1.165, 1.54) is 10.9 Å². The first-order valence-electron chi connectivity index (χ1n) is 7.70. The monoisotopic (exact) mass is 303 g/mol. The lowest BCUT2D eigenvalue weighted by atomic mass is 10.1. The number of benzene rings is 1. The lowest BCUT2D eigenvalue weighted by molar-refractivity contribution is 0.868. The second-order valence-electron chi connectivity index (χ2n) is 5.56. The van der Waals surface area contributed by atoms with Gasteiger partial charge in [0, 0.05) is 24.5 Å². The van der Waals surface area contributed by atoms with Gasteiger partial charge in [-0.15, -0.1) is 10.2 Å². The number of pyridine rings is 2. The lowest BCUT2D eigenvalue weighted by Gasteiger charge is -2.08. The van der Waals surface area contributed by atoms with Crippen molar-refractivity contribution in [2.75, 3.05) is 11.9 Å². The third-order valence-corrected chi connectivity index (χ3v) is 3.96. The van der Waals surface area contributed by atoms with E-state index < -0.39 is 0 Å². The molecule has 0 unspecified atom stereocenters. The number of rotatable bonds is 4. The number of aryl methyl sites for hydroxylation is 1. The fraction of sp³-hybridized carbons (Fsp3) is 0.167. The second kappa shape index (κ2) is 5.68. The summed E-state index contributed by atoms with van der Waals surface area (Å²) in [6, 6.07) is 16.2. The zero-order valence-corrected chi connectivity index (χ0v) is 12.9. The van der Waals surface area contributed by atoms with Gasteiger partial charge in [-0.3, -0.25) is 4.40 Å². The van der Waals surface area contributed by atoms with Crippen molar-refractivity contribution in [3.05, 3.63) is 66.1 Å². The highest BCUT2D eigenvalue weighted by atomic mass is 15.2. The molecule has 0 radical (unpaired) electrons. The summed E-state index contributed by atoms with van der Waals surface area (Å²) in [7, 11) is 0. The molecule has 0 aliphatic carbocycles. The van der Waals surface area contributed by atoms with E-state index in [1.807, 2.05) is 47.0 Å². The van der Waals surface area contributed by atoms with Crippen molar-refractivity contribution in [1.82, 2.24) is 19.6 Å². The maximum absolute atomic E-state index is 4.66. The Labute approximate surface area is 134 Å². The van der Waals surface area contributed by atoms with Crippen LogP contribution in [-0.4, -0.2) is 26.1 Å². The topological polar surface area (TPSA) is 55.1 Å². The van der Waals surface area contributed by atoms with Crippen LogP contribution >= 0.6 is 0 Å². The molecule has 4 rings (SSSR count). The van der Waals surface area contributed by atoms with Gasteiger partial charge >= 0.3 is 0 Å². The summed E-state index contributed by atoms with van der Waals surface area (Å²) in [5.74, 6) is 1.85. The van der Waals surface area contributed by atoms with E-state index in [2.05, 4.69) is 39.6 Å². The molecule has 0 atom stereocenters. The minimum Gasteiger partial charge on any atom is -0.370 e. The van der Waals surface area contributed by atoms with Gasteiger partial charge in [0.05, 0.1) is 5.52 Å². The number of hydrogen-bond acceptors (Lipinski definition) is 4. The van der Waals surface area contributed by atoms with Crippen LogP contribution in [0.1, 0.15) is 11.4 Å². The van der Waals surface area contributed by atoms with Gasteiger partial charge in [0.15, 0.2) is 5.65 Å². The molecule has 0 saturated carbocycles. The highest BCUT2D eigenvalue weighted by Gasteiger charge is 2.05. The summed E-state index contributed by atoms with van der Waals surface area (Å²) >= 11 is 0. The number of anilines is 1. The predicted molar refractivity (Wildman–Crippen MR) is 91.7 cm³/mol. The number of nitrogens with one attached hydrogen (secondary N) is 1. The molecule has 23 heavy (non-hydrogen) atoms. The minimum atomic E-state index is 0.764. The normalized spacial score (nSPS) is 11.2. The Kier molecular flexibility index (Phi) is 3.38. The SMILES string of the molecule is Cc1cc(NCCc2nnc3ccccn23)nc2ccccc12. The predicted octanol–water partition coefficient (Wildman–Crippen LogP) is 3.24. The van der Waals surface area contributed by atoms with Gasteiger partial charge in [0.25, 0.3) is 0 Å². The maximum Gasteiger partial charge on any atom is 0.160 e. The Morgan fingerprint density at radius 3 is 2.87 bits per heavy atom. The standard InChI is InChI=1S/C18H17N5/c1-13-12-16(20-15-7-3-2-6-14(13)15)19-10-9-18-22-21-17-8-4-5-11-23(17)18/h2-8,11-12H,9-10H2,1H3,(H,19,20). The molecule has 0 aliphatic rings. The second-order valence-corrected chi connectivity index (χ2v) is 5.56. The molecule has 0 fully saturated rings. The first-order valence-corrected chi connectivity index (χ1v) is 7.70. The van der Waals surface area contributed by atoms with Crippen molar-refractivity contribution in [3.63, 3.8) is 0 Å². The molecule has 114 valence electrons. The van der Waals surface area contributed by atoms with Crippen molar-refractivity contribution < 1.29 is 0 Å². The van der Waals surface area contributed by atoms with Crippen molar-refractivity contribution in [1.29, 1.82) is 0 Å². The van der Waals surface area contributed by atoms with Crippen molar-refractivity contribution >= 4 is 22.4 Å². The van der Waals surface area contributed by atoms with E-state index in [-0.39, 0.29) is 0 Å². The Hall–Kier alpha value is -2.95. The van der Waals surface area contributed by atoms with E-state index in [4.69, 9.17) is 0 Å². The maximum atomic E-state index is 4.66. The Morgan fingerprint density at radius 2 is 1.91 bits per heavy atom. The van der Waals surface area contributed by atoms with Gasteiger partial charge in [-0.2, -0.15) is 0 Å². The number of nitrogens with zero attached hydrogens (tertiary/aromatic N) is 4. The highest BCUT2D eigenvalue weighted by Crippen LogP contribution is 2.19. The van der Waals surface area contributed by atoms with Gasteiger partial charge in [-0.25, -0.2) is 4.98 Å². The van der Waals surface area contributed by atoms with Gasteiger partial charge in [0.2, 0.25) is 0 Å². The molecule has 3 heterocycles. The van der Waals surface area contributed by atoms with Crippen molar-refractivity contribution in [3.8, 4) is 0 Å². The quantitative estimate of drug-likeness (QED) is 0.629. The van der Waals surface area contributed by atoms with Crippen LogP contribution in [0.4, 0.5) is 5.82 Å². The first kappa shape index (κ1) is 13.7. The van der Waals surface area contributed by atoms with Crippen LogP contribution < -0.4 is 5.32 Å². The largest absolute Gasteiger partial charge is 0.370 e. The van der Waals surface area contributed by atoms with Crippen molar-refractivity contribution in [2.24, 2.45) is 0 Å². The summed E-state index contributed by atoms with van der Waals surface area (Å²) in [5, 5.41) is 13.0. The fourth-order valence-electron chi connectivity index (χ4n) is 2.80. The molecule has 5 heteroatoms. The summed E-state index contributed by atoms with van der Waals surface area (Å²) < 4.78 is 2.01. The summed E-state index contributed by atoms with van der Waals surface area (Å²) in [6.07, 6.45) is 2.78. The molecular weight excluding hydrogens is 286 g/mol. The molecule has 3 aromatic heterocycles. The summed E-state index contributed by atoms with van der Waals surface area (Å²) in [6.45, 7) is 2.88. The van der Waals surface area contributed by atoms with Crippen LogP contribution in [0.5, 0.6) is 0 Å². The third-order valence-electron chi connectivity index (χ3n) is 3.96. The first-order chi connectivity index (χ1) is 11.3. The number of hydrogen-bond donors (Lipinski definition) is 1. The Morgan fingerprint density at radius 1 is 1.04 bits per heavy atom. The molecule has 0 bridgehead atoms. The van der Waals surface area contributed by atoms with E-state index in [0.29, 0.717) is 0 Å². The minimum absolute atomic E-state index is 0.764. The molecule has 0 saturated heterocycles. The molecule has 5 nitrogen and oxygen atoms in total. The molecule has 0 spiro atoms. The lowest BCUT2D eigenvalue weighted by Crippen LogP contribution is -2.09. The van der Waals surface area contributed by atoms with Crippen LogP contribution in [0, 0.1) is 6.92 Å². The van der Waals surface area contributed by atoms with Crippen molar-refractivity contribution in [2.45, 2.75) is 13.3 Å². The fourth-order valence-corrected chi connectivity index (χ4v) is 2.80. The van der Waals surface area contributed by atoms with Gasteiger partial charge in [-0.1, -0.05) is 24.3 Å².